The van der Waals surface area contributed by atoms with Crippen molar-refractivity contribution < 1.29 is 0 Å². The molecule has 43 heavy (non-hydrogen) atoms. The molecule has 0 atom stereocenters. The molecule has 0 N–H and O–H groups in total. The molecule has 6 nitrogen and oxygen atoms in total. The van der Waals surface area contributed by atoms with Crippen LogP contribution in [0.5, 0.6) is 0 Å². The van der Waals surface area contributed by atoms with Gasteiger partial charge in [0.1, 0.15) is 11.2 Å². The largest absolute Gasteiger partial charge is 0.264 e. The topological polar surface area (TPSA) is 77.3 Å². The third kappa shape index (κ3) is 4.71. The summed E-state index contributed by atoms with van der Waals surface area (Å²) in [6, 6.07) is 35.0. The van der Waals surface area contributed by atoms with Gasteiger partial charge in [-0.05, 0) is 59.2 Å². The summed E-state index contributed by atoms with van der Waals surface area (Å²) in [6.45, 7) is 0. The summed E-state index contributed by atoms with van der Waals surface area (Å²) in [5.74, 6) is 0. The molecule has 0 bridgehead atoms. The number of rotatable bonds is 5. The first-order valence-corrected chi connectivity index (χ1v) is 14.7. The lowest BCUT2D eigenvalue weighted by Crippen LogP contribution is -1.93. The van der Waals surface area contributed by atoms with Crippen LogP contribution < -0.4 is 0 Å². The number of hydrogen-bond acceptors (Lipinski definition) is 7. The van der Waals surface area contributed by atoms with E-state index >= 15 is 0 Å². The second kappa shape index (κ2) is 10.6. The molecule has 0 aliphatic heterocycles. The van der Waals surface area contributed by atoms with Gasteiger partial charge in [0.15, 0.2) is 0 Å². The molecule has 0 aliphatic rings. The fourth-order valence-electron chi connectivity index (χ4n) is 5.28. The van der Waals surface area contributed by atoms with Crippen LogP contribution in [-0.4, -0.2) is 29.9 Å². The van der Waals surface area contributed by atoms with Gasteiger partial charge >= 0.3 is 0 Å². The molecule has 2 aromatic carbocycles. The lowest BCUT2D eigenvalue weighted by Gasteiger charge is -2.10. The molecule has 0 saturated carbocycles. The third-order valence-electron chi connectivity index (χ3n) is 7.42. The van der Waals surface area contributed by atoms with E-state index in [9.17, 15) is 0 Å². The highest BCUT2D eigenvalue weighted by atomic mass is 32.1. The van der Waals surface area contributed by atoms with Gasteiger partial charge in [-0.1, -0.05) is 60.7 Å². The van der Waals surface area contributed by atoms with Crippen molar-refractivity contribution in [3.8, 4) is 56.2 Å². The highest BCUT2D eigenvalue weighted by molar-refractivity contribution is 7.25. The Balaban J connectivity index is 1.18. The molecule has 6 heterocycles. The molecule has 8 rings (SSSR count). The van der Waals surface area contributed by atoms with Crippen molar-refractivity contribution in [2.24, 2.45) is 0 Å². The SMILES string of the molecule is c1ccc(-c2ncnc3c2sc2ncc(-c4ccc(-c5cc(-c6cccnc6)nc(-c6ccccn6)c5)cc4)cc23)cc1. The van der Waals surface area contributed by atoms with Gasteiger partial charge in [-0.3, -0.25) is 9.97 Å². The van der Waals surface area contributed by atoms with Gasteiger partial charge < -0.3 is 0 Å². The minimum absolute atomic E-state index is 0.817. The molecule has 0 fully saturated rings. The van der Waals surface area contributed by atoms with E-state index in [4.69, 9.17) is 9.97 Å². The summed E-state index contributed by atoms with van der Waals surface area (Å²) in [5, 5.41) is 1.04. The fourth-order valence-corrected chi connectivity index (χ4v) is 6.37. The van der Waals surface area contributed by atoms with Crippen LogP contribution >= 0.6 is 11.3 Å². The van der Waals surface area contributed by atoms with Crippen LogP contribution in [0, 0.1) is 0 Å². The Morgan fingerprint density at radius 1 is 0.488 bits per heavy atom. The first-order chi connectivity index (χ1) is 21.3. The first kappa shape index (κ1) is 25.1. The molecule has 0 spiro atoms. The van der Waals surface area contributed by atoms with Gasteiger partial charge in [0, 0.05) is 46.9 Å². The van der Waals surface area contributed by atoms with E-state index in [1.165, 1.54) is 0 Å². The highest BCUT2D eigenvalue weighted by Crippen LogP contribution is 2.38. The summed E-state index contributed by atoms with van der Waals surface area (Å²) >= 11 is 1.63. The van der Waals surface area contributed by atoms with Crippen LogP contribution in [-0.2, 0) is 0 Å². The first-order valence-electron chi connectivity index (χ1n) is 13.8. The molecule has 0 aliphatic carbocycles. The van der Waals surface area contributed by atoms with Gasteiger partial charge in [0.25, 0.3) is 0 Å². The number of pyridine rings is 4. The molecule has 6 aromatic heterocycles. The van der Waals surface area contributed by atoms with E-state index in [1.807, 2.05) is 60.9 Å². The van der Waals surface area contributed by atoms with Crippen molar-refractivity contribution >= 4 is 31.8 Å². The quantitative estimate of drug-likeness (QED) is 0.206. The Morgan fingerprint density at radius 2 is 1.28 bits per heavy atom. The van der Waals surface area contributed by atoms with Gasteiger partial charge in [-0.25, -0.2) is 19.9 Å². The maximum absolute atomic E-state index is 4.92. The maximum atomic E-state index is 4.92. The monoisotopic (exact) mass is 570 g/mol. The highest BCUT2D eigenvalue weighted by Gasteiger charge is 2.15. The zero-order valence-electron chi connectivity index (χ0n) is 22.8. The van der Waals surface area contributed by atoms with E-state index in [1.54, 1.807) is 30.1 Å². The number of thiophene rings is 1. The van der Waals surface area contributed by atoms with Gasteiger partial charge in [-0.2, -0.15) is 0 Å². The average Bonchev–Trinajstić information content (AvgIpc) is 3.47. The molecule has 0 unspecified atom stereocenters. The molecule has 0 amide bonds. The Kier molecular flexibility index (Phi) is 6.20. The molecule has 7 heteroatoms. The molecule has 8 aromatic rings. The molecular weight excluding hydrogens is 549 g/mol. The lowest BCUT2D eigenvalue weighted by molar-refractivity contribution is 1.24. The predicted molar refractivity (Wildman–Crippen MR) is 173 cm³/mol. The van der Waals surface area contributed by atoms with E-state index in [-0.39, 0.29) is 0 Å². The number of aromatic nitrogens is 6. The second-order valence-corrected chi connectivity index (χ2v) is 11.1. The molecule has 202 valence electrons. The van der Waals surface area contributed by atoms with Crippen molar-refractivity contribution in [1.82, 2.24) is 29.9 Å². The summed E-state index contributed by atoms with van der Waals surface area (Å²) in [6.07, 6.45) is 8.98. The van der Waals surface area contributed by atoms with Crippen LogP contribution in [0.15, 0.2) is 134 Å². The van der Waals surface area contributed by atoms with E-state index < -0.39 is 0 Å². The zero-order valence-corrected chi connectivity index (χ0v) is 23.6. The summed E-state index contributed by atoms with van der Waals surface area (Å²) < 4.78 is 1.05. The van der Waals surface area contributed by atoms with Crippen molar-refractivity contribution in [2.45, 2.75) is 0 Å². The van der Waals surface area contributed by atoms with E-state index in [0.717, 1.165) is 76.6 Å². The number of benzene rings is 2. The zero-order chi connectivity index (χ0) is 28.6. The minimum atomic E-state index is 0.817. The summed E-state index contributed by atoms with van der Waals surface area (Å²) in [5.41, 5.74) is 10.7. The second-order valence-electron chi connectivity index (χ2n) is 10.1. The van der Waals surface area contributed by atoms with Crippen molar-refractivity contribution in [2.75, 3.05) is 0 Å². The van der Waals surface area contributed by atoms with Crippen LogP contribution in [0.25, 0.3) is 76.6 Å². The van der Waals surface area contributed by atoms with Crippen LogP contribution in [0.3, 0.4) is 0 Å². The van der Waals surface area contributed by atoms with Crippen molar-refractivity contribution in [3.63, 3.8) is 0 Å². The van der Waals surface area contributed by atoms with Crippen LogP contribution in [0.1, 0.15) is 0 Å². The lowest BCUT2D eigenvalue weighted by atomic mass is 9.99. The molecule has 0 radical (unpaired) electrons. The van der Waals surface area contributed by atoms with Gasteiger partial charge in [0.05, 0.1) is 33.0 Å². The fraction of sp³-hybridized carbons (Fsp3) is 0. The number of hydrogen-bond donors (Lipinski definition) is 0. The van der Waals surface area contributed by atoms with Crippen LogP contribution in [0.4, 0.5) is 0 Å². The van der Waals surface area contributed by atoms with Crippen molar-refractivity contribution in [3.05, 3.63) is 134 Å². The average molecular weight is 571 g/mol. The summed E-state index contributed by atoms with van der Waals surface area (Å²) in [4.78, 5) is 28.8. The van der Waals surface area contributed by atoms with Gasteiger partial charge in [0.2, 0.25) is 0 Å². The summed E-state index contributed by atoms with van der Waals surface area (Å²) in [7, 11) is 0. The standard InChI is InChI=1S/C36H22N6S/c1-2-7-25(8-3-1)33-35-34(41-22-40-33)29-17-28(21-39-36(29)43-35)24-13-11-23(12-14-24)27-18-31(26-9-6-15-37-20-26)42-32(19-27)30-10-4-5-16-38-30/h1-22H. The minimum Gasteiger partial charge on any atom is -0.264 e. The molecular formula is C36H22N6S. The number of nitrogens with zero attached hydrogens (tertiary/aromatic N) is 6. The third-order valence-corrected chi connectivity index (χ3v) is 8.53. The van der Waals surface area contributed by atoms with Gasteiger partial charge in [-0.15, -0.1) is 11.3 Å². The predicted octanol–water partition coefficient (Wildman–Crippen LogP) is 8.76. The molecule has 0 saturated heterocycles. The Labute approximate surface area is 251 Å². The maximum Gasteiger partial charge on any atom is 0.126 e. The van der Waals surface area contributed by atoms with E-state index in [0.29, 0.717) is 0 Å². The van der Waals surface area contributed by atoms with Crippen molar-refractivity contribution in [1.29, 1.82) is 0 Å². The Bertz CT molecular complexity index is 2160. The smallest absolute Gasteiger partial charge is 0.126 e. The Hall–Kier alpha value is -5.66. The van der Waals surface area contributed by atoms with E-state index in [2.05, 4.69) is 74.5 Å². The van der Waals surface area contributed by atoms with Crippen LogP contribution in [0.2, 0.25) is 0 Å². The number of fused-ring (bicyclic) bond motifs is 3. The normalized spacial score (nSPS) is 11.3. The Morgan fingerprint density at radius 3 is 2.07 bits per heavy atom.